The second-order valence-electron chi connectivity index (χ2n) is 8.09. The van der Waals surface area contributed by atoms with Gasteiger partial charge in [-0.05, 0) is 48.7 Å². The van der Waals surface area contributed by atoms with Crippen LogP contribution in [0.25, 0.3) is 0 Å². The molecule has 7 heteroatoms. The van der Waals surface area contributed by atoms with Crippen LogP contribution in [-0.4, -0.2) is 36.6 Å². The Balaban J connectivity index is 1.56. The van der Waals surface area contributed by atoms with Gasteiger partial charge in [0.2, 0.25) is 0 Å². The maximum absolute atomic E-state index is 13.0. The minimum atomic E-state index is -0.0215. The van der Waals surface area contributed by atoms with E-state index in [1.165, 1.54) is 19.3 Å². The van der Waals surface area contributed by atoms with Gasteiger partial charge in [-0.2, -0.15) is 0 Å². The fourth-order valence-electron chi connectivity index (χ4n) is 4.45. The molecular formula is C23H26Cl3N3O. The van der Waals surface area contributed by atoms with Gasteiger partial charge < -0.3 is 15.1 Å². The third-order valence-corrected chi connectivity index (χ3v) is 6.86. The first-order valence-corrected chi connectivity index (χ1v) is 11.7. The minimum Gasteiger partial charge on any atom is -0.360 e. The van der Waals surface area contributed by atoms with Gasteiger partial charge in [0, 0.05) is 35.7 Å². The smallest absolute Gasteiger partial charge is 0.317 e. The molecule has 2 aliphatic rings. The standard InChI is InChI=1S/C23H26Cl3N3O/c24-17-8-6-16(7-9-17)22-15-28(23(30)27-19-4-2-1-3-5-19)12-13-29(22)21-11-10-18(25)14-20(21)26/h6-11,14,19,22H,1-5,12-13,15H2,(H,27,30). The zero-order chi connectivity index (χ0) is 21.1. The van der Waals surface area contributed by atoms with E-state index >= 15 is 0 Å². The fourth-order valence-corrected chi connectivity index (χ4v) is 5.10. The van der Waals surface area contributed by atoms with Crippen LogP contribution in [0.4, 0.5) is 10.5 Å². The highest BCUT2D eigenvalue weighted by molar-refractivity contribution is 6.36. The van der Waals surface area contributed by atoms with Crippen LogP contribution >= 0.6 is 34.8 Å². The first kappa shape index (κ1) is 21.6. The van der Waals surface area contributed by atoms with Crippen LogP contribution in [0.5, 0.6) is 0 Å². The van der Waals surface area contributed by atoms with E-state index in [4.69, 9.17) is 34.8 Å². The molecule has 1 unspecified atom stereocenters. The number of anilines is 1. The molecule has 0 spiro atoms. The number of nitrogens with one attached hydrogen (secondary N) is 1. The molecular weight excluding hydrogens is 441 g/mol. The number of carbonyl (C=O) groups is 1. The summed E-state index contributed by atoms with van der Waals surface area (Å²) < 4.78 is 0. The lowest BCUT2D eigenvalue weighted by Gasteiger charge is -2.43. The molecule has 0 bridgehead atoms. The highest BCUT2D eigenvalue weighted by Crippen LogP contribution is 2.37. The molecule has 160 valence electrons. The van der Waals surface area contributed by atoms with Gasteiger partial charge in [0.25, 0.3) is 0 Å². The Labute approximate surface area is 193 Å². The number of piperazine rings is 1. The van der Waals surface area contributed by atoms with Crippen molar-refractivity contribution in [2.75, 3.05) is 24.5 Å². The normalized spacial score (nSPS) is 20.3. The largest absolute Gasteiger partial charge is 0.360 e. The van der Waals surface area contributed by atoms with E-state index in [-0.39, 0.29) is 12.1 Å². The third kappa shape index (κ3) is 4.99. The highest BCUT2D eigenvalue weighted by atomic mass is 35.5. The topological polar surface area (TPSA) is 35.6 Å². The molecule has 1 atom stereocenters. The molecule has 1 aliphatic heterocycles. The Bertz CT molecular complexity index is 884. The molecule has 0 aromatic heterocycles. The van der Waals surface area contributed by atoms with Gasteiger partial charge in [-0.3, -0.25) is 0 Å². The van der Waals surface area contributed by atoms with Crippen LogP contribution < -0.4 is 10.2 Å². The van der Waals surface area contributed by atoms with Gasteiger partial charge in [0.1, 0.15) is 0 Å². The van der Waals surface area contributed by atoms with Crippen molar-refractivity contribution < 1.29 is 4.79 Å². The van der Waals surface area contributed by atoms with Crippen LogP contribution in [0.2, 0.25) is 15.1 Å². The van der Waals surface area contributed by atoms with Gasteiger partial charge in [0.15, 0.2) is 0 Å². The van der Waals surface area contributed by atoms with E-state index in [9.17, 15) is 4.79 Å². The Morgan fingerprint density at radius 3 is 2.30 bits per heavy atom. The molecule has 1 aliphatic carbocycles. The summed E-state index contributed by atoms with van der Waals surface area (Å²) in [6, 6.07) is 13.7. The summed E-state index contributed by atoms with van der Waals surface area (Å²) in [5.74, 6) is 0. The molecule has 1 N–H and O–H groups in total. The lowest BCUT2D eigenvalue weighted by atomic mass is 9.95. The highest BCUT2D eigenvalue weighted by Gasteiger charge is 2.32. The van der Waals surface area contributed by atoms with E-state index < -0.39 is 0 Å². The number of rotatable bonds is 3. The van der Waals surface area contributed by atoms with Gasteiger partial charge in [-0.1, -0.05) is 66.2 Å². The predicted octanol–water partition coefficient (Wildman–Crippen LogP) is 6.55. The first-order valence-electron chi connectivity index (χ1n) is 10.5. The predicted molar refractivity (Wildman–Crippen MR) is 125 cm³/mol. The summed E-state index contributed by atoms with van der Waals surface area (Å²) in [6.45, 7) is 1.91. The van der Waals surface area contributed by atoms with Gasteiger partial charge in [-0.15, -0.1) is 0 Å². The number of nitrogens with zero attached hydrogens (tertiary/aromatic N) is 2. The molecule has 2 aromatic carbocycles. The molecule has 4 nitrogen and oxygen atoms in total. The van der Waals surface area contributed by atoms with Crippen molar-refractivity contribution in [1.29, 1.82) is 0 Å². The molecule has 2 fully saturated rings. The molecule has 1 saturated carbocycles. The van der Waals surface area contributed by atoms with E-state index in [0.29, 0.717) is 40.7 Å². The van der Waals surface area contributed by atoms with E-state index in [1.807, 2.05) is 41.3 Å². The summed E-state index contributed by atoms with van der Waals surface area (Å²) in [6.07, 6.45) is 5.81. The van der Waals surface area contributed by atoms with Crippen molar-refractivity contribution in [3.05, 3.63) is 63.1 Å². The Hall–Kier alpha value is -1.62. The molecule has 2 amide bonds. The number of urea groups is 1. The Morgan fingerprint density at radius 1 is 0.900 bits per heavy atom. The fraction of sp³-hybridized carbons (Fsp3) is 0.435. The SMILES string of the molecule is O=C(NC1CCCCC1)N1CCN(c2ccc(Cl)cc2Cl)C(c2ccc(Cl)cc2)C1. The zero-order valence-electron chi connectivity index (χ0n) is 16.8. The quantitative estimate of drug-likeness (QED) is 0.556. The summed E-state index contributed by atoms with van der Waals surface area (Å²) in [5.41, 5.74) is 2.02. The summed E-state index contributed by atoms with van der Waals surface area (Å²) in [7, 11) is 0. The second kappa shape index (κ2) is 9.67. The number of halogens is 3. The molecule has 2 aromatic rings. The number of hydrogen-bond donors (Lipinski definition) is 1. The van der Waals surface area contributed by atoms with Crippen LogP contribution in [0, 0.1) is 0 Å². The number of carbonyl (C=O) groups excluding carboxylic acids is 1. The lowest BCUT2D eigenvalue weighted by molar-refractivity contribution is 0.178. The Morgan fingerprint density at radius 2 is 1.60 bits per heavy atom. The van der Waals surface area contributed by atoms with Crippen molar-refractivity contribution in [3.8, 4) is 0 Å². The second-order valence-corrected chi connectivity index (χ2v) is 9.37. The van der Waals surface area contributed by atoms with Crippen LogP contribution in [0.1, 0.15) is 43.7 Å². The number of amides is 2. The lowest BCUT2D eigenvalue weighted by Crippen LogP contribution is -2.55. The number of hydrogen-bond acceptors (Lipinski definition) is 2. The molecule has 1 heterocycles. The van der Waals surface area contributed by atoms with Crippen molar-refractivity contribution in [2.24, 2.45) is 0 Å². The van der Waals surface area contributed by atoms with Crippen molar-refractivity contribution in [1.82, 2.24) is 10.2 Å². The molecule has 30 heavy (non-hydrogen) atoms. The van der Waals surface area contributed by atoms with E-state index in [0.717, 1.165) is 24.1 Å². The van der Waals surface area contributed by atoms with Crippen LogP contribution in [0.3, 0.4) is 0 Å². The van der Waals surface area contributed by atoms with Gasteiger partial charge >= 0.3 is 6.03 Å². The van der Waals surface area contributed by atoms with E-state index in [1.54, 1.807) is 6.07 Å². The molecule has 4 rings (SSSR count). The van der Waals surface area contributed by atoms with Crippen molar-refractivity contribution >= 4 is 46.5 Å². The van der Waals surface area contributed by atoms with E-state index in [2.05, 4.69) is 10.2 Å². The molecule has 0 radical (unpaired) electrons. The summed E-state index contributed by atoms with van der Waals surface area (Å²) >= 11 is 18.7. The van der Waals surface area contributed by atoms with Gasteiger partial charge in [-0.25, -0.2) is 4.79 Å². The number of benzene rings is 2. The third-order valence-electron chi connectivity index (χ3n) is 6.07. The monoisotopic (exact) mass is 465 g/mol. The Kier molecular flexibility index (Phi) is 6.97. The summed E-state index contributed by atoms with van der Waals surface area (Å²) in [5, 5.41) is 5.16. The van der Waals surface area contributed by atoms with Crippen LogP contribution in [0.15, 0.2) is 42.5 Å². The average Bonchev–Trinajstić information content (AvgIpc) is 2.75. The summed E-state index contributed by atoms with van der Waals surface area (Å²) in [4.78, 5) is 17.2. The maximum Gasteiger partial charge on any atom is 0.317 e. The average molecular weight is 467 g/mol. The maximum atomic E-state index is 13.0. The minimum absolute atomic E-state index is 0.0215. The van der Waals surface area contributed by atoms with Gasteiger partial charge in [0.05, 0.1) is 16.8 Å². The van der Waals surface area contributed by atoms with Crippen molar-refractivity contribution in [2.45, 2.75) is 44.2 Å². The van der Waals surface area contributed by atoms with Crippen molar-refractivity contribution in [3.63, 3.8) is 0 Å². The first-order chi connectivity index (χ1) is 14.5. The zero-order valence-corrected chi connectivity index (χ0v) is 19.1. The molecule has 1 saturated heterocycles. The van der Waals surface area contributed by atoms with Crippen LogP contribution in [-0.2, 0) is 0 Å².